The molecule has 3 aromatic rings. The lowest BCUT2D eigenvalue weighted by molar-refractivity contribution is 0.0984. The fraction of sp³-hybridized carbons (Fsp3) is 0.136. The first-order valence-corrected chi connectivity index (χ1v) is 9.97. The average Bonchev–Trinajstić information content (AvgIpc) is 2.87. The third kappa shape index (κ3) is 3.56. The van der Waals surface area contributed by atoms with Gasteiger partial charge in [-0.1, -0.05) is 23.9 Å². The summed E-state index contributed by atoms with van der Waals surface area (Å²) in [7, 11) is 1.56. The molecule has 2 aromatic carbocycles. The number of para-hydroxylation sites is 2. The van der Waals surface area contributed by atoms with Crippen molar-refractivity contribution in [2.75, 3.05) is 23.9 Å². The Hall–Kier alpha value is -3.32. The molecule has 6 nitrogen and oxygen atoms in total. The van der Waals surface area contributed by atoms with Gasteiger partial charge < -0.3 is 15.0 Å². The molecule has 0 fully saturated rings. The Morgan fingerprint density at radius 1 is 1.17 bits per heavy atom. The van der Waals surface area contributed by atoms with Crippen molar-refractivity contribution in [2.24, 2.45) is 0 Å². The van der Waals surface area contributed by atoms with Crippen molar-refractivity contribution >= 4 is 35.0 Å². The summed E-state index contributed by atoms with van der Waals surface area (Å²) in [5.74, 6) is 0.247. The Bertz CT molecular complexity index is 1100. The van der Waals surface area contributed by atoms with Crippen LogP contribution in [0.25, 0.3) is 0 Å². The van der Waals surface area contributed by atoms with Crippen LogP contribution in [0.2, 0.25) is 0 Å². The van der Waals surface area contributed by atoms with Crippen LogP contribution in [0.1, 0.15) is 27.6 Å². The molecule has 2 amide bonds. The summed E-state index contributed by atoms with van der Waals surface area (Å²) in [5, 5.41) is 3.52. The zero-order chi connectivity index (χ0) is 20.4. The molecule has 0 atom stereocenters. The number of nitrogens with zero attached hydrogens (tertiary/aromatic N) is 2. The minimum absolute atomic E-state index is 0.0897. The summed E-state index contributed by atoms with van der Waals surface area (Å²) in [6.45, 7) is 2.45. The van der Waals surface area contributed by atoms with Crippen LogP contribution in [0, 0.1) is 0 Å². The third-order valence-corrected chi connectivity index (χ3v) is 5.70. The number of methoxy groups -OCH3 is 1. The highest BCUT2D eigenvalue weighted by atomic mass is 32.2. The molecule has 0 spiro atoms. The number of pyridine rings is 1. The summed E-state index contributed by atoms with van der Waals surface area (Å²) < 4.78 is 5.30. The van der Waals surface area contributed by atoms with Crippen LogP contribution >= 0.6 is 11.8 Å². The largest absolute Gasteiger partial charge is 0.495 e. The van der Waals surface area contributed by atoms with Crippen LogP contribution in [0.3, 0.4) is 0 Å². The Labute approximate surface area is 172 Å². The van der Waals surface area contributed by atoms with Gasteiger partial charge in [0.05, 0.1) is 24.0 Å². The molecule has 4 rings (SSSR count). The van der Waals surface area contributed by atoms with Crippen molar-refractivity contribution in [2.45, 2.75) is 16.8 Å². The summed E-state index contributed by atoms with van der Waals surface area (Å²) in [4.78, 5) is 32.7. The van der Waals surface area contributed by atoms with E-state index in [2.05, 4.69) is 10.3 Å². The summed E-state index contributed by atoms with van der Waals surface area (Å²) in [5.41, 5.74) is 2.43. The van der Waals surface area contributed by atoms with Gasteiger partial charge in [-0.3, -0.25) is 9.59 Å². The monoisotopic (exact) mass is 405 g/mol. The topological polar surface area (TPSA) is 71.5 Å². The molecule has 2 heterocycles. The summed E-state index contributed by atoms with van der Waals surface area (Å²) in [6.07, 6.45) is 1.67. The molecule has 0 aliphatic carbocycles. The van der Waals surface area contributed by atoms with Crippen LogP contribution < -0.4 is 15.0 Å². The van der Waals surface area contributed by atoms with E-state index in [1.54, 1.807) is 54.6 Å². The van der Waals surface area contributed by atoms with E-state index >= 15 is 0 Å². The predicted octanol–water partition coefficient (Wildman–Crippen LogP) is 4.47. The number of nitrogens with one attached hydrogen (secondary N) is 1. The number of amides is 2. The highest BCUT2D eigenvalue weighted by Crippen LogP contribution is 2.40. The minimum atomic E-state index is -0.252. The van der Waals surface area contributed by atoms with E-state index in [1.165, 1.54) is 11.8 Å². The van der Waals surface area contributed by atoms with Gasteiger partial charge in [0.25, 0.3) is 11.8 Å². The van der Waals surface area contributed by atoms with E-state index in [0.717, 1.165) is 10.6 Å². The number of hydrogen-bond acceptors (Lipinski definition) is 5. The smallest absolute Gasteiger partial charge is 0.261 e. The number of aromatic nitrogens is 1. The van der Waals surface area contributed by atoms with Crippen molar-refractivity contribution in [1.82, 2.24) is 4.98 Å². The van der Waals surface area contributed by atoms with E-state index in [0.29, 0.717) is 34.1 Å². The van der Waals surface area contributed by atoms with Crippen molar-refractivity contribution in [1.29, 1.82) is 0 Å². The van der Waals surface area contributed by atoms with Crippen LogP contribution in [0.4, 0.5) is 11.4 Å². The van der Waals surface area contributed by atoms with Gasteiger partial charge >= 0.3 is 0 Å². The zero-order valence-corrected chi connectivity index (χ0v) is 16.8. The number of anilines is 2. The Kier molecular flexibility index (Phi) is 5.22. The van der Waals surface area contributed by atoms with Crippen LogP contribution in [0.15, 0.2) is 70.7 Å². The van der Waals surface area contributed by atoms with E-state index in [9.17, 15) is 9.59 Å². The molecule has 1 aromatic heterocycles. The molecule has 1 aliphatic heterocycles. The number of ether oxygens (including phenoxy) is 1. The Morgan fingerprint density at radius 2 is 2.00 bits per heavy atom. The molecule has 1 aliphatic rings. The van der Waals surface area contributed by atoms with Gasteiger partial charge in [-0.25, -0.2) is 4.98 Å². The molecular formula is C22H19N3O3S. The van der Waals surface area contributed by atoms with E-state index in [1.807, 2.05) is 25.1 Å². The fourth-order valence-corrected chi connectivity index (χ4v) is 4.27. The maximum Gasteiger partial charge on any atom is 0.261 e. The quantitative estimate of drug-likeness (QED) is 0.693. The molecule has 0 bridgehead atoms. The second kappa shape index (κ2) is 7.97. The minimum Gasteiger partial charge on any atom is -0.495 e. The molecular weight excluding hydrogens is 386 g/mol. The lowest BCUT2D eigenvalue weighted by Gasteiger charge is -2.21. The van der Waals surface area contributed by atoms with Crippen molar-refractivity contribution in [3.05, 3.63) is 71.9 Å². The van der Waals surface area contributed by atoms with Gasteiger partial charge in [-0.15, -0.1) is 0 Å². The lowest BCUT2D eigenvalue weighted by Crippen LogP contribution is -2.30. The lowest BCUT2D eigenvalue weighted by atomic mass is 10.1. The first kappa shape index (κ1) is 19.0. The van der Waals surface area contributed by atoms with Gasteiger partial charge in [0.15, 0.2) is 0 Å². The Balaban J connectivity index is 1.71. The van der Waals surface area contributed by atoms with Crippen LogP contribution in [-0.4, -0.2) is 30.5 Å². The van der Waals surface area contributed by atoms with Crippen LogP contribution in [0.5, 0.6) is 5.75 Å². The predicted molar refractivity (Wildman–Crippen MR) is 113 cm³/mol. The molecule has 0 saturated heterocycles. The SMILES string of the molecule is CCN1C(=O)c2cccnc2Sc2cc(C(=O)Nc3ccccc3OC)ccc21. The maximum absolute atomic E-state index is 12.9. The van der Waals surface area contributed by atoms with Gasteiger partial charge in [0, 0.05) is 23.2 Å². The zero-order valence-electron chi connectivity index (χ0n) is 16.0. The average molecular weight is 405 g/mol. The maximum atomic E-state index is 12.9. The number of fused-ring (bicyclic) bond motifs is 2. The molecule has 0 unspecified atom stereocenters. The second-order valence-corrected chi connectivity index (χ2v) is 7.38. The van der Waals surface area contributed by atoms with E-state index in [-0.39, 0.29) is 11.8 Å². The van der Waals surface area contributed by atoms with Crippen LogP contribution in [-0.2, 0) is 0 Å². The highest BCUT2D eigenvalue weighted by Gasteiger charge is 2.27. The molecule has 1 N–H and O–H groups in total. The first-order valence-electron chi connectivity index (χ1n) is 9.15. The van der Waals surface area contributed by atoms with E-state index < -0.39 is 0 Å². The van der Waals surface area contributed by atoms with Gasteiger partial charge in [0.2, 0.25) is 0 Å². The third-order valence-electron chi connectivity index (χ3n) is 4.64. The number of hydrogen-bond donors (Lipinski definition) is 1. The summed E-state index contributed by atoms with van der Waals surface area (Å²) >= 11 is 1.39. The van der Waals surface area contributed by atoms with Gasteiger partial charge in [-0.2, -0.15) is 0 Å². The molecule has 0 radical (unpaired) electrons. The normalized spacial score (nSPS) is 12.6. The highest BCUT2D eigenvalue weighted by molar-refractivity contribution is 7.99. The number of rotatable bonds is 4. The number of carbonyl (C=O) groups excluding carboxylic acids is 2. The second-order valence-electron chi connectivity index (χ2n) is 6.34. The molecule has 7 heteroatoms. The van der Waals surface area contributed by atoms with Gasteiger partial charge in [0.1, 0.15) is 10.8 Å². The van der Waals surface area contributed by atoms with Crippen molar-refractivity contribution in [3.8, 4) is 5.75 Å². The first-order chi connectivity index (χ1) is 14.1. The number of benzene rings is 2. The van der Waals surface area contributed by atoms with Crippen molar-refractivity contribution < 1.29 is 14.3 Å². The molecule has 146 valence electrons. The number of carbonyl (C=O) groups is 2. The molecule has 0 saturated carbocycles. The summed E-state index contributed by atoms with van der Waals surface area (Å²) in [6, 6.07) is 16.1. The standard InChI is InChI=1S/C22H19N3O3S/c1-3-25-17-11-10-14(20(26)24-16-8-4-5-9-18(16)28-2)13-19(17)29-21-15(22(25)27)7-6-12-23-21/h4-13H,3H2,1-2H3,(H,24,26). The fourth-order valence-electron chi connectivity index (χ4n) is 3.21. The molecule has 29 heavy (non-hydrogen) atoms. The van der Waals surface area contributed by atoms with Gasteiger partial charge in [-0.05, 0) is 49.4 Å². The van der Waals surface area contributed by atoms with Crippen molar-refractivity contribution in [3.63, 3.8) is 0 Å². The van der Waals surface area contributed by atoms with E-state index in [4.69, 9.17) is 4.74 Å². The Morgan fingerprint density at radius 3 is 2.79 bits per heavy atom.